The maximum atomic E-state index is 6.14. The lowest BCUT2D eigenvalue weighted by Crippen LogP contribution is -2.36. The molecule has 0 fully saturated rings. The van der Waals surface area contributed by atoms with Crippen LogP contribution in [0.3, 0.4) is 0 Å². The second-order valence-corrected chi connectivity index (χ2v) is 7.92. The second kappa shape index (κ2) is 7.96. The fraction of sp³-hybridized carbons (Fsp3) is 0.391. The summed E-state index contributed by atoms with van der Waals surface area (Å²) in [6, 6.07) is 17.0. The lowest BCUT2D eigenvalue weighted by atomic mass is 9.90. The van der Waals surface area contributed by atoms with E-state index in [0.29, 0.717) is 0 Å². The highest BCUT2D eigenvalue weighted by molar-refractivity contribution is 5.84. The highest BCUT2D eigenvalue weighted by Gasteiger charge is 2.16. The molecule has 2 aromatic carbocycles. The third-order valence-electron chi connectivity index (χ3n) is 4.71. The Morgan fingerprint density at radius 1 is 1.00 bits per heavy atom. The van der Waals surface area contributed by atoms with E-state index in [-0.39, 0.29) is 11.5 Å². The summed E-state index contributed by atoms with van der Waals surface area (Å²) in [5.74, 6) is 1.27. The van der Waals surface area contributed by atoms with E-state index in [1.165, 1.54) is 22.0 Å². The summed E-state index contributed by atoms with van der Waals surface area (Å²) in [5.41, 5.74) is 3.90. The van der Waals surface area contributed by atoms with Gasteiger partial charge in [0.25, 0.3) is 0 Å². The second-order valence-electron chi connectivity index (χ2n) is 7.92. The van der Waals surface area contributed by atoms with Crippen LogP contribution in [-0.4, -0.2) is 23.7 Å². The number of ether oxygens (including phenoxy) is 1. The lowest BCUT2D eigenvalue weighted by Gasteiger charge is -2.21. The molecule has 0 bridgehead atoms. The summed E-state index contributed by atoms with van der Waals surface area (Å²) in [4.78, 5) is 3.30. The van der Waals surface area contributed by atoms with Crippen molar-refractivity contribution in [2.45, 2.75) is 45.6 Å². The van der Waals surface area contributed by atoms with Gasteiger partial charge in [-0.1, -0.05) is 37.3 Å². The molecule has 3 nitrogen and oxygen atoms in total. The first-order chi connectivity index (χ1) is 12.5. The molecule has 0 saturated heterocycles. The minimum Gasteiger partial charge on any atom is -0.493 e. The van der Waals surface area contributed by atoms with Gasteiger partial charge in [-0.3, -0.25) is 0 Å². The van der Waals surface area contributed by atoms with Gasteiger partial charge in [-0.2, -0.15) is 0 Å². The first-order valence-corrected chi connectivity index (χ1v) is 9.48. The highest BCUT2D eigenvalue weighted by atomic mass is 16.5. The van der Waals surface area contributed by atoms with Crippen LogP contribution in [0.25, 0.3) is 10.9 Å². The van der Waals surface area contributed by atoms with Crippen molar-refractivity contribution >= 4 is 10.9 Å². The quantitative estimate of drug-likeness (QED) is 0.554. The summed E-state index contributed by atoms with van der Waals surface area (Å²) >= 11 is 0. The predicted molar refractivity (Wildman–Crippen MR) is 110 cm³/mol. The predicted octanol–water partition coefficient (Wildman–Crippen LogP) is 5.48. The number of nitrogens with one attached hydrogen (secondary N) is 2. The zero-order chi connectivity index (χ0) is 18.6. The van der Waals surface area contributed by atoms with Gasteiger partial charge in [0.1, 0.15) is 5.75 Å². The van der Waals surface area contributed by atoms with E-state index in [4.69, 9.17) is 4.74 Å². The minimum atomic E-state index is 0.154. The minimum absolute atomic E-state index is 0.154. The van der Waals surface area contributed by atoms with Crippen LogP contribution in [0.1, 0.15) is 51.2 Å². The Balaban J connectivity index is 1.71. The standard InChI is InChI=1S/C23H30N2O/c1-17(18-10-7-11-21-20(18)13-15-24-21)19-9-5-6-12-22(19)26-16-8-14-25-23(2,3)4/h5-7,9-13,15,17,24-25H,8,14,16H2,1-4H3. The smallest absolute Gasteiger partial charge is 0.123 e. The Morgan fingerprint density at radius 2 is 1.77 bits per heavy atom. The molecule has 3 heteroatoms. The Labute approximate surface area is 156 Å². The Kier molecular flexibility index (Phi) is 5.67. The van der Waals surface area contributed by atoms with E-state index >= 15 is 0 Å². The van der Waals surface area contributed by atoms with Crippen molar-refractivity contribution in [1.82, 2.24) is 10.3 Å². The van der Waals surface area contributed by atoms with Crippen molar-refractivity contribution in [3.05, 3.63) is 65.9 Å². The number of hydrogen-bond donors (Lipinski definition) is 2. The molecule has 0 aliphatic carbocycles. The third-order valence-corrected chi connectivity index (χ3v) is 4.71. The summed E-state index contributed by atoms with van der Waals surface area (Å²) < 4.78 is 6.14. The number of fused-ring (bicyclic) bond motifs is 1. The number of para-hydroxylation sites is 1. The molecule has 138 valence electrons. The highest BCUT2D eigenvalue weighted by Crippen LogP contribution is 2.34. The first-order valence-electron chi connectivity index (χ1n) is 9.48. The van der Waals surface area contributed by atoms with Crippen LogP contribution in [0.2, 0.25) is 0 Å². The molecule has 0 aliphatic rings. The zero-order valence-corrected chi connectivity index (χ0v) is 16.3. The van der Waals surface area contributed by atoms with E-state index in [0.717, 1.165) is 25.3 Å². The van der Waals surface area contributed by atoms with Crippen molar-refractivity contribution in [1.29, 1.82) is 0 Å². The summed E-state index contributed by atoms with van der Waals surface area (Å²) in [6.45, 7) is 10.5. The molecule has 0 radical (unpaired) electrons. The number of rotatable bonds is 7. The van der Waals surface area contributed by atoms with Crippen LogP contribution < -0.4 is 10.1 Å². The molecule has 1 aromatic heterocycles. The van der Waals surface area contributed by atoms with E-state index < -0.39 is 0 Å². The lowest BCUT2D eigenvalue weighted by molar-refractivity contribution is 0.295. The maximum absolute atomic E-state index is 6.14. The van der Waals surface area contributed by atoms with Crippen molar-refractivity contribution in [2.24, 2.45) is 0 Å². The number of aromatic nitrogens is 1. The molecule has 3 aromatic rings. The normalized spacial score (nSPS) is 13.1. The Hall–Kier alpha value is -2.26. The molecule has 0 spiro atoms. The molecule has 26 heavy (non-hydrogen) atoms. The molecule has 2 N–H and O–H groups in total. The first kappa shape index (κ1) is 18.5. The molecule has 0 amide bonds. The monoisotopic (exact) mass is 350 g/mol. The number of hydrogen-bond acceptors (Lipinski definition) is 2. The van der Waals surface area contributed by atoms with Gasteiger partial charge < -0.3 is 15.0 Å². The van der Waals surface area contributed by atoms with Crippen molar-refractivity contribution in [3.8, 4) is 5.75 Å². The van der Waals surface area contributed by atoms with E-state index in [9.17, 15) is 0 Å². The van der Waals surface area contributed by atoms with Gasteiger partial charge in [0.05, 0.1) is 6.61 Å². The van der Waals surface area contributed by atoms with Gasteiger partial charge in [-0.05, 0) is 57.5 Å². The molecule has 0 aliphatic heterocycles. The molecular formula is C23H30N2O. The van der Waals surface area contributed by atoms with Gasteiger partial charge >= 0.3 is 0 Å². The van der Waals surface area contributed by atoms with E-state index in [2.05, 4.69) is 86.5 Å². The molecule has 1 unspecified atom stereocenters. The average Bonchev–Trinajstić information content (AvgIpc) is 3.09. The summed E-state index contributed by atoms with van der Waals surface area (Å²) in [5, 5.41) is 4.79. The van der Waals surface area contributed by atoms with Gasteiger partial charge in [0.2, 0.25) is 0 Å². The number of aromatic amines is 1. The maximum Gasteiger partial charge on any atom is 0.123 e. The van der Waals surface area contributed by atoms with Gasteiger partial charge in [0, 0.05) is 34.1 Å². The zero-order valence-electron chi connectivity index (χ0n) is 16.3. The van der Waals surface area contributed by atoms with Crippen LogP contribution in [-0.2, 0) is 0 Å². The van der Waals surface area contributed by atoms with E-state index in [1.54, 1.807) is 0 Å². The van der Waals surface area contributed by atoms with Crippen molar-refractivity contribution in [3.63, 3.8) is 0 Å². The number of H-pyrrole nitrogens is 1. The van der Waals surface area contributed by atoms with Gasteiger partial charge in [-0.15, -0.1) is 0 Å². The van der Waals surface area contributed by atoms with Crippen LogP contribution in [0.15, 0.2) is 54.7 Å². The van der Waals surface area contributed by atoms with Crippen molar-refractivity contribution in [2.75, 3.05) is 13.2 Å². The largest absolute Gasteiger partial charge is 0.493 e. The molecule has 1 atom stereocenters. The molecular weight excluding hydrogens is 320 g/mol. The van der Waals surface area contributed by atoms with Crippen LogP contribution >= 0.6 is 0 Å². The molecule has 1 heterocycles. The van der Waals surface area contributed by atoms with Gasteiger partial charge in [-0.25, -0.2) is 0 Å². The van der Waals surface area contributed by atoms with Gasteiger partial charge in [0.15, 0.2) is 0 Å². The topological polar surface area (TPSA) is 37.0 Å². The molecule has 0 saturated carbocycles. The van der Waals surface area contributed by atoms with Crippen molar-refractivity contribution < 1.29 is 4.74 Å². The van der Waals surface area contributed by atoms with Crippen LogP contribution in [0.4, 0.5) is 0 Å². The Morgan fingerprint density at radius 3 is 2.58 bits per heavy atom. The average molecular weight is 351 g/mol. The fourth-order valence-electron chi connectivity index (χ4n) is 3.34. The van der Waals surface area contributed by atoms with Crippen LogP contribution in [0.5, 0.6) is 5.75 Å². The third kappa shape index (κ3) is 4.47. The Bertz CT molecular complexity index is 845. The number of benzene rings is 2. The van der Waals surface area contributed by atoms with E-state index in [1.807, 2.05) is 6.20 Å². The molecule has 3 rings (SSSR count). The SMILES string of the molecule is CC(c1ccccc1OCCCNC(C)(C)C)c1cccc2[nH]ccc12. The summed E-state index contributed by atoms with van der Waals surface area (Å²) in [7, 11) is 0. The fourth-order valence-corrected chi connectivity index (χ4v) is 3.34. The van der Waals surface area contributed by atoms with Crippen LogP contribution in [0, 0.1) is 0 Å². The summed E-state index contributed by atoms with van der Waals surface area (Å²) in [6.07, 6.45) is 3.00.